The smallest absolute Gasteiger partial charge is 0.161 e. The topological polar surface area (TPSA) is 12.0 Å². The summed E-state index contributed by atoms with van der Waals surface area (Å²) in [7, 11) is 0. The van der Waals surface area contributed by atoms with E-state index >= 15 is 0 Å². The Hall–Kier alpha value is -1.88. The minimum Gasteiger partial charge on any atom is -0.306 e. The molecule has 2 aromatic rings. The SMILES string of the molecule is CCNC(c1ccccc1F)c1cc(F)c(F)cc1F. The summed E-state index contributed by atoms with van der Waals surface area (Å²) in [5, 5.41) is 2.87. The van der Waals surface area contributed by atoms with Gasteiger partial charge in [0.15, 0.2) is 11.6 Å². The van der Waals surface area contributed by atoms with Crippen molar-refractivity contribution in [3.05, 3.63) is 70.8 Å². The van der Waals surface area contributed by atoms with E-state index in [-0.39, 0.29) is 11.1 Å². The maximum Gasteiger partial charge on any atom is 0.161 e. The zero-order valence-corrected chi connectivity index (χ0v) is 10.8. The van der Waals surface area contributed by atoms with Gasteiger partial charge in [0.2, 0.25) is 0 Å². The van der Waals surface area contributed by atoms with Crippen LogP contribution in [0.3, 0.4) is 0 Å². The van der Waals surface area contributed by atoms with Crippen molar-refractivity contribution in [2.45, 2.75) is 13.0 Å². The molecule has 0 amide bonds. The average molecular weight is 283 g/mol. The van der Waals surface area contributed by atoms with Crippen LogP contribution in [-0.4, -0.2) is 6.54 Å². The lowest BCUT2D eigenvalue weighted by molar-refractivity contribution is 0.477. The Balaban J connectivity index is 2.54. The van der Waals surface area contributed by atoms with Gasteiger partial charge < -0.3 is 5.32 Å². The highest BCUT2D eigenvalue weighted by Crippen LogP contribution is 2.27. The summed E-state index contributed by atoms with van der Waals surface area (Å²) < 4.78 is 54.0. The van der Waals surface area contributed by atoms with E-state index in [1.165, 1.54) is 18.2 Å². The monoisotopic (exact) mass is 283 g/mol. The summed E-state index contributed by atoms with van der Waals surface area (Å²) in [5.74, 6) is -3.89. The van der Waals surface area contributed by atoms with Crippen LogP contribution >= 0.6 is 0 Å². The minimum atomic E-state index is -1.27. The molecule has 0 heterocycles. The van der Waals surface area contributed by atoms with Gasteiger partial charge in [0.05, 0.1) is 6.04 Å². The van der Waals surface area contributed by atoms with Gasteiger partial charge in [0.25, 0.3) is 0 Å². The van der Waals surface area contributed by atoms with Gasteiger partial charge >= 0.3 is 0 Å². The Morgan fingerprint density at radius 3 is 2.15 bits per heavy atom. The van der Waals surface area contributed by atoms with Crippen LogP contribution in [0.5, 0.6) is 0 Å². The van der Waals surface area contributed by atoms with E-state index in [2.05, 4.69) is 5.32 Å². The number of hydrogen-bond acceptors (Lipinski definition) is 1. The number of halogens is 4. The summed E-state index contributed by atoms with van der Waals surface area (Å²) in [6.07, 6.45) is 0. The van der Waals surface area contributed by atoms with Crippen molar-refractivity contribution in [3.8, 4) is 0 Å². The van der Waals surface area contributed by atoms with E-state index in [1.807, 2.05) is 0 Å². The van der Waals surface area contributed by atoms with E-state index in [0.717, 1.165) is 6.07 Å². The zero-order chi connectivity index (χ0) is 14.7. The van der Waals surface area contributed by atoms with Gasteiger partial charge in [-0.2, -0.15) is 0 Å². The molecular weight excluding hydrogens is 270 g/mol. The van der Waals surface area contributed by atoms with Gasteiger partial charge in [0, 0.05) is 17.2 Å². The molecule has 1 nitrogen and oxygen atoms in total. The van der Waals surface area contributed by atoms with Crippen LogP contribution in [0.1, 0.15) is 24.1 Å². The molecule has 5 heteroatoms. The van der Waals surface area contributed by atoms with Gasteiger partial charge in [-0.25, -0.2) is 17.6 Å². The van der Waals surface area contributed by atoms with Crippen molar-refractivity contribution < 1.29 is 17.6 Å². The zero-order valence-electron chi connectivity index (χ0n) is 10.8. The standard InChI is InChI=1S/C15H13F4N/c1-2-20-15(9-5-3-4-6-11(9)16)10-7-13(18)14(19)8-12(10)17/h3-8,15,20H,2H2,1H3. The third-order valence-electron chi connectivity index (χ3n) is 2.98. The lowest BCUT2D eigenvalue weighted by Gasteiger charge is -2.20. The molecule has 20 heavy (non-hydrogen) atoms. The van der Waals surface area contributed by atoms with Gasteiger partial charge in [-0.1, -0.05) is 25.1 Å². The Morgan fingerprint density at radius 1 is 0.850 bits per heavy atom. The maximum atomic E-state index is 13.9. The number of nitrogens with one attached hydrogen (secondary N) is 1. The quantitative estimate of drug-likeness (QED) is 0.662. The van der Waals surface area contributed by atoms with Gasteiger partial charge in [-0.05, 0) is 18.7 Å². The molecule has 0 aromatic heterocycles. The normalized spacial score (nSPS) is 12.4. The molecule has 1 N–H and O–H groups in total. The van der Waals surface area contributed by atoms with Crippen LogP contribution in [0, 0.1) is 23.3 Å². The van der Waals surface area contributed by atoms with E-state index in [9.17, 15) is 17.6 Å². The van der Waals surface area contributed by atoms with Crippen molar-refractivity contribution in [2.75, 3.05) is 6.54 Å². The third kappa shape index (κ3) is 2.82. The molecule has 0 aliphatic heterocycles. The lowest BCUT2D eigenvalue weighted by Crippen LogP contribution is -2.24. The van der Waals surface area contributed by atoms with Gasteiger partial charge in [0.1, 0.15) is 11.6 Å². The lowest BCUT2D eigenvalue weighted by atomic mass is 9.97. The summed E-state index contributed by atoms with van der Waals surface area (Å²) in [4.78, 5) is 0. The van der Waals surface area contributed by atoms with Crippen molar-refractivity contribution in [2.24, 2.45) is 0 Å². The van der Waals surface area contributed by atoms with Crippen LogP contribution in [0.25, 0.3) is 0 Å². The second-order valence-electron chi connectivity index (χ2n) is 4.30. The molecule has 0 aliphatic rings. The molecule has 0 spiro atoms. The molecule has 0 aliphatic carbocycles. The largest absolute Gasteiger partial charge is 0.306 e. The summed E-state index contributed by atoms with van der Waals surface area (Å²) >= 11 is 0. The predicted octanol–water partition coefficient (Wildman–Crippen LogP) is 3.94. The molecular formula is C15H13F4N. The highest BCUT2D eigenvalue weighted by Gasteiger charge is 2.22. The van der Waals surface area contributed by atoms with Gasteiger partial charge in [-0.3, -0.25) is 0 Å². The number of benzene rings is 2. The van der Waals surface area contributed by atoms with Crippen molar-refractivity contribution >= 4 is 0 Å². The predicted molar refractivity (Wildman–Crippen MR) is 68.2 cm³/mol. The molecule has 0 bridgehead atoms. The van der Waals surface area contributed by atoms with Crippen molar-refractivity contribution in [1.82, 2.24) is 5.32 Å². The highest BCUT2D eigenvalue weighted by molar-refractivity contribution is 5.34. The second kappa shape index (κ2) is 6.05. The van der Waals surface area contributed by atoms with Crippen LogP contribution < -0.4 is 5.32 Å². The first kappa shape index (κ1) is 14.5. The molecule has 0 saturated heterocycles. The summed E-state index contributed by atoms with van der Waals surface area (Å²) in [6.45, 7) is 2.17. The maximum absolute atomic E-state index is 13.9. The fourth-order valence-corrected chi connectivity index (χ4v) is 2.06. The summed E-state index contributed by atoms with van der Waals surface area (Å²) in [6, 6.07) is 6.15. The Bertz CT molecular complexity index is 613. The van der Waals surface area contributed by atoms with Crippen molar-refractivity contribution in [1.29, 1.82) is 0 Å². The van der Waals surface area contributed by atoms with E-state index in [4.69, 9.17) is 0 Å². The second-order valence-corrected chi connectivity index (χ2v) is 4.30. The molecule has 106 valence electrons. The average Bonchev–Trinajstić information content (AvgIpc) is 2.42. The number of hydrogen-bond donors (Lipinski definition) is 1. The molecule has 1 unspecified atom stereocenters. The molecule has 0 saturated carbocycles. The van der Waals surface area contributed by atoms with Crippen molar-refractivity contribution in [3.63, 3.8) is 0 Å². The molecule has 2 rings (SSSR count). The summed E-state index contributed by atoms with van der Waals surface area (Å²) in [5.41, 5.74) is 0.0510. The first-order chi connectivity index (χ1) is 9.54. The molecule has 1 atom stereocenters. The van der Waals surface area contributed by atoms with Crippen LogP contribution in [0.2, 0.25) is 0 Å². The van der Waals surface area contributed by atoms with E-state index in [1.54, 1.807) is 13.0 Å². The minimum absolute atomic E-state index is 0.129. The third-order valence-corrected chi connectivity index (χ3v) is 2.98. The fraction of sp³-hybridized carbons (Fsp3) is 0.200. The molecule has 0 fully saturated rings. The van der Waals surface area contributed by atoms with E-state index < -0.39 is 29.3 Å². The molecule has 2 aromatic carbocycles. The van der Waals surface area contributed by atoms with Crippen LogP contribution in [0.15, 0.2) is 36.4 Å². The Kier molecular flexibility index (Phi) is 4.39. The Morgan fingerprint density at radius 2 is 1.50 bits per heavy atom. The highest BCUT2D eigenvalue weighted by atomic mass is 19.2. The molecule has 0 radical (unpaired) electrons. The van der Waals surface area contributed by atoms with Gasteiger partial charge in [-0.15, -0.1) is 0 Å². The van der Waals surface area contributed by atoms with Crippen LogP contribution in [0.4, 0.5) is 17.6 Å². The van der Waals surface area contributed by atoms with Crippen LogP contribution in [-0.2, 0) is 0 Å². The number of rotatable bonds is 4. The Labute approximate surface area is 114 Å². The fourth-order valence-electron chi connectivity index (χ4n) is 2.06. The first-order valence-electron chi connectivity index (χ1n) is 6.16. The van der Waals surface area contributed by atoms with E-state index in [0.29, 0.717) is 12.6 Å². The first-order valence-corrected chi connectivity index (χ1v) is 6.16.